The molecule has 0 unspecified atom stereocenters. The van der Waals surface area contributed by atoms with Crippen LogP contribution < -0.4 is 0 Å². The van der Waals surface area contributed by atoms with Crippen LogP contribution in [0, 0.1) is 0 Å². The Kier molecular flexibility index (Phi) is 4.38. The average molecular weight is 351 g/mol. The normalized spacial score (nSPS) is 16.7. The Morgan fingerprint density at radius 1 is 1.27 bits per heavy atom. The number of ether oxygens (including phenoxy) is 1. The number of carbonyl (C=O) groups is 1. The van der Waals surface area contributed by atoms with E-state index in [1.807, 2.05) is 49.1 Å². The fourth-order valence-corrected chi connectivity index (χ4v) is 3.37. The van der Waals surface area contributed by atoms with Crippen LogP contribution >= 0.6 is 0 Å². The van der Waals surface area contributed by atoms with E-state index in [0.29, 0.717) is 31.9 Å². The molecule has 3 aromatic rings. The Morgan fingerprint density at radius 3 is 2.96 bits per heavy atom. The van der Waals surface area contributed by atoms with Crippen LogP contribution in [0.3, 0.4) is 0 Å². The van der Waals surface area contributed by atoms with Crippen molar-refractivity contribution in [2.45, 2.75) is 33.0 Å². The van der Waals surface area contributed by atoms with Crippen molar-refractivity contribution < 1.29 is 9.53 Å². The highest BCUT2D eigenvalue weighted by molar-refractivity contribution is 5.97. The zero-order valence-electron chi connectivity index (χ0n) is 14.9. The maximum Gasteiger partial charge on any atom is 0.256 e. The minimum absolute atomic E-state index is 0.0311. The van der Waals surface area contributed by atoms with Crippen molar-refractivity contribution >= 4 is 16.8 Å². The van der Waals surface area contributed by atoms with E-state index in [-0.39, 0.29) is 11.9 Å². The van der Waals surface area contributed by atoms with Gasteiger partial charge in [0.25, 0.3) is 5.91 Å². The largest absolute Gasteiger partial charge is 0.374 e. The lowest BCUT2D eigenvalue weighted by molar-refractivity contribution is 0.0629. The van der Waals surface area contributed by atoms with E-state index in [9.17, 15) is 4.79 Å². The highest BCUT2D eigenvalue weighted by Gasteiger charge is 2.31. The summed E-state index contributed by atoms with van der Waals surface area (Å²) in [5.41, 5.74) is 1.48. The molecule has 0 radical (unpaired) electrons. The molecular weight excluding hydrogens is 330 g/mol. The number of benzene rings is 1. The molecule has 0 fully saturated rings. The molecule has 1 atom stereocenters. The Hall–Kier alpha value is -2.80. The van der Waals surface area contributed by atoms with Gasteiger partial charge in [-0.25, -0.2) is 0 Å². The van der Waals surface area contributed by atoms with Gasteiger partial charge in [0.05, 0.1) is 17.1 Å². The standard InChI is InChI=1S/C19H21N5O2/c1-3-26-12-17-21-22-18-13(2)23(8-9-24(17)18)19(25)15-10-14-6-4-5-7-16(14)20-11-15/h4-7,10-11,13H,3,8-9,12H2,1-2H3/t13-/m0/s1. The van der Waals surface area contributed by atoms with E-state index < -0.39 is 0 Å². The second kappa shape index (κ2) is 6.84. The summed E-state index contributed by atoms with van der Waals surface area (Å²) in [4.78, 5) is 19.3. The second-order valence-electron chi connectivity index (χ2n) is 6.35. The fourth-order valence-electron chi connectivity index (χ4n) is 3.37. The summed E-state index contributed by atoms with van der Waals surface area (Å²) in [7, 11) is 0. The monoisotopic (exact) mass is 351 g/mol. The number of amides is 1. The van der Waals surface area contributed by atoms with Gasteiger partial charge in [-0.15, -0.1) is 10.2 Å². The van der Waals surface area contributed by atoms with Crippen molar-refractivity contribution in [3.05, 3.63) is 53.7 Å². The van der Waals surface area contributed by atoms with Crippen molar-refractivity contribution in [2.24, 2.45) is 0 Å². The number of hydrogen-bond acceptors (Lipinski definition) is 5. The average Bonchev–Trinajstić information content (AvgIpc) is 3.09. The van der Waals surface area contributed by atoms with Gasteiger partial charge in [-0.3, -0.25) is 9.78 Å². The topological polar surface area (TPSA) is 73.1 Å². The summed E-state index contributed by atoms with van der Waals surface area (Å²) >= 11 is 0. The maximum atomic E-state index is 13.0. The van der Waals surface area contributed by atoms with Gasteiger partial charge in [-0.2, -0.15) is 0 Å². The molecule has 134 valence electrons. The van der Waals surface area contributed by atoms with E-state index in [0.717, 1.165) is 22.6 Å². The number of para-hydroxylation sites is 1. The molecule has 0 saturated carbocycles. The minimum atomic E-state index is -0.148. The molecule has 0 saturated heterocycles. The van der Waals surface area contributed by atoms with Crippen LogP contribution in [0.1, 0.15) is 41.9 Å². The first kappa shape index (κ1) is 16.7. The smallest absolute Gasteiger partial charge is 0.256 e. The van der Waals surface area contributed by atoms with Crippen LogP contribution in [0.4, 0.5) is 0 Å². The molecule has 1 amide bonds. The fraction of sp³-hybridized carbons (Fsp3) is 0.368. The second-order valence-corrected chi connectivity index (χ2v) is 6.35. The predicted molar refractivity (Wildman–Crippen MR) is 96.5 cm³/mol. The SMILES string of the molecule is CCOCc1nnc2n1CCN(C(=O)c1cnc3ccccc3c1)[C@H]2C. The van der Waals surface area contributed by atoms with Crippen molar-refractivity contribution in [3.8, 4) is 0 Å². The number of pyridine rings is 1. The molecule has 1 aromatic carbocycles. The summed E-state index contributed by atoms with van der Waals surface area (Å²) in [5, 5.41) is 9.48. The Balaban J connectivity index is 1.59. The summed E-state index contributed by atoms with van der Waals surface area (Å²) in [5.74, 6) is 1.58. The zero-order chi connectivity index (χ0) is 18.1. The molecule has 7 nitrogen and oxygen atoms in total. The third kappa shape index (κ3) is 2.84. The molecule has 0 N–H and O–H groups in total. The van der Waals surface area contributed by atoms with Crippen LogP contribution in [0.25, 0.3) is 10.9 Å². The lowest BCUT2D eigenvalue weighted by atomic mass is 10.1. The summed E-state index contributed by atoms with van der Waals surface area (Å²) < 4.78 is 7.51. The van der Waals surface area contributed by atoms with E-state index in [1.165, 1.54) is 0 Å². The molecule has 4 rings (SSSR count). The third-order valence-corrected chi connectivity index (χ3v) is 4.80. The van der Waals surface area contributed by atoms with Crippen LogP contribution in [-0.4, -0.2) is 43.7 Å². The van der Waals surface area contributed by atoms with Gasteiger partial charge >= 0.3 is 0 Å². The van der Waals surface area contributed by atoms with Gasteiger partial charge in [0.2, 0.25) is 0 Å². The van der Waals surface area contributed by atoms with Crippen LogP contribution in [-0.2, 0) is 17.9 Å². The van der Waals surface area contributed by atoms with Gasteiger partial charge in [0, 0.05) is 31.3 Å². The first-order chi connectivity index (χ1) is 12.7. The molecule has 3 heterocycles. The molecule has 0 aliphatic carbocycles. The highest BCUT2D eigenvalue weighted by atomic mass is 16.5. The van der Waals surface area contributed by atoms with Crippen molar-refractivity contribution in [2.75, 3.05) is 13.2 Å². The quantitative estimate of drug-likeness (QED) is 0.722. The molecule has 1 aliphatic heterocycles. The van der Waals surface area contributed by atoms with Crippen LogP contribution in [0.2, 0.25) is 0 Å². The van der Waals surface area contributed by atoms with Gasteiger partial charge in [-0.05, 0) is 26.0 Å². The Morgan fingerprint density at radius 2 is 2.12 bits per heavy atom. The number of nitrogens with zero attached hydrogens (tertiary/aromatic N) is 5. The summed E-state index contributed by atoms with van der Waals surface area (Å²) in [6.07, 6.45) is 1.65. The van der Waals surface area contributed by atoms with E-state index in [2.05, 4.69) is 19.7 Å². The van der Waals surface area contributed by atoms with E-state index in [4.69, 9.17) is 4.74 Å². The molecule has 2 aromatic heterocycles. The molecule has 26 heavy (non-hydrogen) atoms. The van der Waals surface area contributed by atoms with Crippen molar-refractivity contribution in [1.29, 1.82) is 0 Å². The zero-order valence-corrected chi connectivity index (χ0v) is 14.9. The summed E-state index contributed by atoms with van der Waals surface area (Å²) in [6.45, 7) is 6.29. The van der Waals surface area contributed by atoms with Crippen molar-refractivity contribution in [3.63, 3.8) is 0 Å². The molecular formula is C19H21N5O2. The highest BCUT2D eigenvalue weighted by Crippen LogP contribution is 2.26. The maximum absolute atomic E-state index is 13.0. The van der Waals surface area contributed by atoms with Gasteiger partial charge in [0.1, 0.15) is 6.61 Å². The molecule has 0 spiro atoms. The first-order valence-corrected chi connectivity index (χ1v) is 8.84. The number of hydrogen-bond donors (Lipinski definition) is 0. The minimum Gasteiger partial charge on any atom is -0.374 e. The Labute approximate surface area is 151 Å². The van der Waals surface area contributed by atoms with E-state index >= 15 is 0 Å². The van der Waals surface area contributed by atoms with Gasteiger partial charge < -0.3 is 14.2 Å². The number of carbonyl (C=O) groups excluding carboxylic acids is 1. The van der Waals surface area contributed by atoms with Crippen LogP contribution in [0.5, 0.6) is 0 Å². The van der Waals surface area contributed by atoms with E-state index in [1.54, 1.807) is 6.20 Å². The Bertz CT molecular complexity index is 952. The van der Waals surface area contributed by atoms with Crippen LogP contribution in [0.15, 0.2) is 36.5 Å². The number of rotatable bonds is 4. The molecule has 1 aliphatic rings. The summed E-state index contributed by atoms with van der Waals surface area (Å²) in [6, 6.07) is 9.55. The third-order valence-electron chi connectivity index (χ3n) is 4.80. The van der Waals surface area contributed by atoms with Gasteiger partial charge in [0.15, 0.2) is 11.6 Å². The number of aromatic nitrogens is 4. The lowest BCUT2D eigenvalue weighted by Gasteiger charge is -2.33. The predicted octanol–water partition coefficient (Wildman–Crippen LogP) is 2.58. The lowest BCUT2D eigenvalue weighted by Crippen LogP contribution is -2.41. The molecule has 0 bridgehead atoms. The van der Waals surface area contributed by atoms with Gasteiger partial charge in [-0.1, -0.05) is 18.2 Å². The van der Waals surface area contributed by atoms with Crippen molar-refractivity contribution in [1.82, 2.24) is 24.6 Å². The molecule has 7 heteroatoms. The first-order valence-electron chi connectivity index (χ1n) is 8.84. The number of fused-ring (bicyclic) bond motifs is 2.